The van der Waals surface area contributed by atoms with Crippen molar-refractivity contribution < 1.29 is 9.59 Å². The topological polar surface area (TPSA) is 58.2 Å². The highest BCUT2D eigenvalue weighted by Crippen LogP contribution is 2.21. The van der Waals surface area contributed by atoms with E-state index in [1.165, 1.54) is 0 Å². The number of hydrogen-bond donors (Lipinski definition) is 2. The minimum absolute atomic E-state index is 0.177. The molecule has 0 aliphatic carbocycles. The van der Waals surface area contributed by atoms with E-state index in [2.05, 4.69) is 10.6 Å². The van der Waals surface area contributed by atoms with Gasteiger partial charge in [-0.25, -0.2) is 0 Å². The van der Waals surface area contributed by atoms with E-state index in [0.29, 0.717) is 0 Å². The summed E-state index contributed by atoms with van der Waals surface area (Å²) in [5, 5.41) is 5.58. The number of amides is 2. The summed E-state index contributed by atoms with van der Waals surface area (Å²) in [4.78, 5) is 24.5. The third-order valence-corrected chi connectivity index (χ3v) is 3.97. The van der Waals surface area contributed by atoms with Gasteiger partial charge in [-0.2, -0.15) is 0 Å². The van der Waals surface area contributed by atoms with Gasteiger partial charge in [0.05, 0.1) is 12.1 Å². The van der Waals surface area contributed by atoms with Gasteiger partial charge in [-0.05, 0) is 24.0 Å². The Morgan fingerprint density at radius 1 is 0.708 bits per heavy atom. The third-order valence-electron chi connectivity index (χ3n) is 3.97. The zero-order chi connectivity index (χ0) is 17.5. The van der Waals surface area contributed by atoms with E-state index in [9.17, 15) is 9.59 Å². The van der Waals surface area contributed by atoms with Crippen molar-refractivity contribution in [1.82, 2.24) is 10.6 Å². The molecule has 4 nitrogen and oxygen atoms in total. The Morgan fingerprint density at radius 2 is 1.17 bits per heavy atom. The van der Waals surface area contributed by atoms with Crippen LogP contribution in [-0.2, 0) is 9.59 Å². The molecule has 4 heteroatoms. The summed E-state index contributed by atoms with van der Waals surface area (Å²) in [5.41, 5.74) is 1.95. The molecule has 0 aliphatic heterocycles. The fraction of sp³-hybridized carbons (Fsp3) is 0.300. The summed E-state index contributed by atoms with van der Waals surface area (Å²) in [6.07, 6.45) is 0. The molecule has 0 unspecified atom stereocenters. The quantitative estimate of drug-likeness (QED) is 0.828. The minimum Gasteiger partial charge on any atom is -0.341 e. The van der Waals surface area contributed by atoms with Gasteiger partial charge in [0.1, 0.15) is 0 Å². The second-order valence-corrected chi connectivity index (χ2v) is 6.21. The first-order chi connectivity index (χ1) is 11.5. The van der Waals surface area contributed by atoms with Crippen LogP contribution in [0.1, 0.15) is 44.0 Å². The van der Waals surface area contributed by atoms with Gasteiger partial charge in [-0.1, -0.05) is 74.5 Å². The Bertz CT molecular complexity index is 669. The van der Waals surface area contributed by atoms with Crippen molar-refractivity contribution in [3.05, 3.63) is 71.8 Å². The lowest BCUT2D eigenvalue weighted by molar-refractivity contribution is -0.140. The van der Waals surface area contributed by atoms with E-state index in [1.807, 2.05) is 81.4 Å². The predicted octanol–water partition coefficient (Wildman–Crippen LogP) is 3.38. The van der Waals surface area contributed by atoms with Gasteiger partial charge < -0.3 is 10.6 Å². The highest BCUT2D eigenvalue weighted by atomic mass is 16.2. The van der Waals surface area contributed by atoms with Crippen LogP contribution in [0.3, 0.4) is 0 Å². The summed E-state index contributed by atoms with van der Waals surface area (Å²) in [6.45, 7) is 5.89. The first-order valence-electron chi connectivity index (χ1n) is 8.20. The highest BCUT2D eigenvalue weighted by Gasteiger charge is 2.23. The summed E-state index contributed by atoms with van der Waals surface area (Å²) in [6, 6.07) is 18.8. The summed E-state index contributed by atoms with van der Waals surface area (Å²) in [5.74, 6) is -1.05. The monoisotopic (exact) mass is 324 g/mol. The number of nitrogens with one attached hydrogen (secondary N) is 2. The second kappa shape index (κ2) is 8.29. The summed E-state index contributed by atoms with van der Waals surface area (Å²) < 4.78 is 0. The molecule has 2 amide bonds. The highest BCUT2D eigenvalue weighted by molar-refractivity contribution is 6.35. The van der Waals surface area contributed by atoms with Crippen LogP contribution in [0.5, 0.6) is 0 Å². The molecule has 0 heterocycles. The average Bonchev–Trinajstić information content (AvgIpc) is 2.60. The van der Waals surface area contributed by atoms with Gasteiger partial charge >= 0.3 is 11.8 Å². The molecular weight excluding hydrogens is 300 g/mol. The van der Waals surface area contributed by atoms with Crippen LogP contribution < -0.4 is 10.6 Å². The zero-order valence-corrected chi connectivity index (χ0v) is 14.3. The standard InChI is InChI=1S/C20H24N2O2/c1-14(2)18(17-12-8-5-9-13-17)22-20(24)19(23)21-15(3)16-10-6-4-7-11-16/h4-15,18H,1-3H3,(H,21,23)(H,22,24)/t15-,18+/m1/s1. The van der Waals surface area contributed by atoms with Crippen molar-refractivity contribution >= 4 is 11.8 Å². The Kier molecular flexibility index (Phi) is 6.13. The molecule has 2 atom stereocenters. The molecule has 0 spiro atoms. The molecule has 0 radical (unpaired) electrons. The van der Waals surface area contributed by atoms with E-state index in [1.54, 1.807) is 0 Å². The normalized spacial score (nSPS) is 13.2. The van der Waals surface area contributed by atoms with Gasteiger partial charge in [-0.15, -0.1) is 0 Å². The molecule has 0 saturated heterocycles. The molecule has 0 bridgehead atoms. The molecule has 0 saturated carbocycles. The lowest BCUT2D eigenvalue weighted by Gasteiger charge is -2.23. The molecule has 0 fully saturated rings. The predicted molar refractivity (Wildman–Crippen MR) is 95.2 cm³/mol. The minimum atomic E-state index is -0.618. The van der Waals surface area contributed by atoms with Gasteiger partial charge in [0.15, 0.2) is 0 Å². The fourth-order valence-corrected chi connectivity index (χ4v) is 2.59. The number of rotatable bonds is 5. The van der Waals surface area contributed by atoms with Gasteiger partial charge in [0.2, 0.25) is 0 Å². The fourth-order valence-electron chi connectivity index (χ4n) is 2.59. The van der Waals surface area contributed by atoms with E-state index in [-0.39, 0.29) is 18.0 Å². The SMILES string of the molecule is CC(C)[C@H](NC(=O)C(=O)N[C@H](C)c1ccccc1)c1ccccc1. The van der Waals surface area contributed by atoms with Crippen LogP contribution in [0.25, 0.3) is 0 Å². The zero-order valence-electron chi connectivity index (χ0n) is 14.3. The van der Waals surface area contributed by atoms with Crippen molar-refractivity contribution in [1.29, 1.82) is 0 Å². The summed E-state index contributed by atoms with van der Waals surface area (Å²) >= 11 is 0. The van der Waals surface area contributed by atoms with Crippen LogP contribution >= 0.6 is 0 Å². The Hall–Kier alpha value is -2.62. The molecule has 2 rings (SSSR count). The lowest BCUT2D eigenvalue weighted by atomic mass is 9.96. The van der Waals surface area contributed by atoms with E-state index in [0.717, 1.165) is 11.1 Å². The van der Waals surface area contributed by atoms with Crippen molar-refractivity contribution in [2.24, 2.45) is 5.92 Å². The smallest absolute Gasteiger partial charge is 0.309 e. The van der Waals surface area contributed by atoms with Crippen molar-refractivity contribution in [3.63, 3.8) is 0 Å². The number of hydrogen-bond acceptors (Lipinski definition) is 2. The molecule has 2 aromatic rings. The van der Waals surface area contributed by atoms with Crippen LogP contribution in [0, 0.1) is 5.92 Å². The maximum atomic E-state index is 12.3. The van der Waals surface area contributed by atoms with E-state index in [4.69, 9.17) is 0 Å². The first-order valence-corrected chi connectivity index (χ1v) is 8.20. The molecule has 126 valence electrons. The molecular formula is C20H24N2O2. The van der Waals surface area contributed by atoms with Crippen LogP contribution in [-0.4, -0.2) is 11.8 Å². The summed E-state index contributed by atoms with van der Waals surface area (Å²) in [7, 11) is 0. The second-order valence-electron chi connectivity index (χ2n) is 6.21. The molecule has 24 heavy (non-hydrogen) atoms. The average molecular weight is 324 g/mol. The Balaban J connectivity index is 2.01. The molecule has 0 aliphatic rings. The van der Waals surface area contributed by atoms with Crippen molar-refractivity contribution in [2.75, 3.05) is 0 Å². The molecule has 2 aromatic carbocycles. The lowest BCUT2D eigenvalue weighted by Crippen LogP contribution is -2.43. The van der Waals surface area contributed by atoms with Crippen molar-refractivity contribution in [3.8, 4) is 0 Å². The number of carbonyl (C=O) groups is 2. The van der Waals surface area contributed by atoms with Crippen LogP contribution in [0.15, 0.2) is 60.7 Å². The largest absolute Gasteiger partial charge is 0.341 e. The van der Waals surface area contributed by atoms with Gasteiger partial charge in [0, 0.05) is 0 Å². The van der Waals surface area contributed by atoms with E-state index >= 15 is 0 Å². The number of benzene rings is 2. The first kappa shape index (κ1) is 17.7. The molecule has 2 N–H and O–H groups in total. The van der Waals surface area contributed by atoms with Crippen molar-refractivity contribution in [2.45, 2.75) is 32.9 Å². The Morgan fingerprint density at radius 3 is 1.67 bits per heavy atom. The molecule has 0 aromatic heterocycles. The van der Waals surface area contributed by atoms with E-state index < -0.39 is 11.8 Å². The maximum absolute atomic E-state index is 12.3. The Labute approximate surface area is 143 Å². The third kappa shape index (κ3) is 4.69. The maximum Gasteiger partial charge on any atom is 0.309 e. The van der Waals surface area contributed by atoms with Crippen LogP contribution in [0.2, 0.25) is 0 Å². The van der Waals surface area contributed by atoms with Gasteiger partial charge in [-0.3, -0.25) is 9.59 Å². The van der Waals surface area contributed by atoms with Crippen LogP contribution in [0.4, 0.5) is 0 Å². The van der Waals surface area contributed by atoms with Gasteiger partial charge in [0.25, 0.3) is 0 Å². The number of carbonyl (C=O) groups excluding carboxylic acids is 2.